The van der Waals surface area contributed by atoms with Gasteiger partial charge in [-0.15, -0.1) is 0 Å². The molecule has 3 aromatic rings. The van der Waals surface area contributed by atoms with E-state index in [1.807, 2.05) is 55.6 Å². The van der Waals surface area contributed by atoms with Crippen molar-refractivity contribution >= 4 is 11.6 Å². The minimum Gasteiger partial charge on any atom is -0.489 e. The number of hydrogen-bond donors (Lipinski definition) is 1. The van der Waals surface area contributed by atoms with Gasteiger partial charge >= 0.3 is 0 Å². The molecule has 25 heavy (non-hydrogen) atoms. The molecule has 0 amide bonds. The molecule has 3 aromatic carbocycles. The van der Waals surface area contributed by atoms with E-state index in [1.54, 1.807) is 0 Å². The van der Waals surface area contributed by atoms with Gasteiger partial charge < -0.3 is 10.1 Å². The van der Waals surface area contributed by atoms with Gasteiger partial charge in [0.25, 0.3) is 0 Å². The maximum absolute atomic E-state index is 6.10. The molecule has 1 unspecified atom stereocenters. The molecule has 0 aromatic heterocycles. The second kappa shape index (κ2) is 8.70. The first kappa shape index (κ1) is 17.5. The Morgan fingerprint density at radius 3 is 2.40 bits per heavy atom. The first-order valence-electron chi connectivity index (χ1n) is 8.43. The lowest BCUT2D eigenvalue weighted by Crippen LogP contribution is -2.18. The summed E-state index contributed by atoms with van der Waals surface area (Å²) in [6.45, 7) is 0.572. The van der Waals surface area contributed by atoms with Crippen LogP contribution >= 0.6 is 11.6 Å². The Hall–Kier alpha value is -2.29. The van der Waals surface area contributed by atoms with Gasteiger partial charge in [0.1, 0.15) is 12.4 Å². The Bertz CT molecular complexity index is 804. The van der Waals surface area contributed by atoms with Crippen molar-refractivity contribution in [3.8, 4) is 5.75 Å². The van der Waals surface area contributed by atoms with Crippen LogP contribution in [0.15, 0.2) is 78.9 Å². The van der Waals surface area contributed by atoms with Crippen LogP contribution in [0.2, 0.25) is 5.02 Å². The maximum Gasteiger partial charge on any atom is 0.120 e. The van der Waals surface area contributed by atoms with Gasteiger partial charge in [-0.3, -0.25) is 0 Å². The Kier molecular flexibility index (Phi) is 6.10. The zero-order valence-electron chi connectivity index (χ0n) is 14.3. The largest absolute Gasteiger partial charge is 0.489 e. The van der Waals surface area contributed by atoms with Crippen LogP contribution in [0.3, 0.4) is 0 Å². The van der Waals surface area contributed by atoms with E-state index in [-0.39, 0.29) is 6.04 Å². The van der Waals surface area contributed by atoms with Crippen LogP contribution in [0.25, 0.3) is 0 Å². The van der Waals surface area contributed by atoms with Crippen LogP contribution in [0.5, 0.6) is 5.75 Å². The van der Waals surface area contributed by atoms with Gasteiger partial charge in [0.2, 0.25) is 0 Å². The minimum atomic E-state index is 0.207. The highest BCUT2D eigenvalue weighted by Gasteiger charge is 2.11. The van der Waals surface area contributed by atoms with Gasteiger partial charge in [-0.2, -0.15) is 0 Å². The van der Waals surface area contributed by atoms with Gasteiger partial charge in [0, 0.05) is 11.1 Å². The van der Waals surface area contributed by atoms with E-state index in [1.165, 1.54) is 11.1 Å². The highest BCUT2D eigenvalue weighted by atomic mass is 35.5. The summed E-state index contributed by atoms with van der Waals surface area (Å²) in [7, 11) is 1.98. The normalized spacial score (nSPS) is 11.9. The Morgan fingerprint density at radius 2 is 1.64 bits per heavy atom. The van der Waals surface area contributed by atoms with E-state index in [2.05, 4.69) is 35.6 Å². The van der Waals surface area contributed by atoms with Crippen molar-refractivity contribution in [3.05, 3.63) is 101 Å². The summed E-state index contributed by atoms with van der Waals surface area (Å²) in [5.41, 5.74) is 3.58. The molecule has 1 N–H and O–H groups in total. The number of likely N-dealkylation sites (N-methyl/N-ethyl adjacent to an activating group) is 1. The number of benzene rings is 3. The van der Waals surface area contributed by atoms with Gasteiger partial charge in [-0.05, 0) is 54.4 Å². The van der Waals surface area contributed by atoms with Crippen molar-refractivity contribution in [1.29, 1.82) is 0 Å². The third kappa shape index (κ3) is 5.09. The topological polar surface area (TPSA) is 21.3 Å². The number of halogens is 1. The van der Waals surface area contributed by atoms with Gasteiger partial charge in [-0.25, -0.2) is 0 Å². The van der Waals surface area contributed by atoms with E-state index in [0.29, 0.717) is 6.61 Å². The van der Waals surface area contributed by atoms with Crippen molar-refractivity contribution in [2.75, 3.05) is 7.05 Å². The molecule has 0 bridgehead atoms. The molecule has 0 spiro atoms. The van der Waals surface area contributed by atoms with Crippen LogP contribution in [0.4, 0.5) is 0 Å². The van der Waals surface area contributed by atoms with Crippen molar-refractivity contribution < 1.29 is 4.74 Å². The summed E-state index contributed by atoms with van der Waals surface area (Å²) < 4.78 is 5.95. The molecular weight excluding hydrogens is 330 g/mol. The molecule has 0 aliphatic rings. The fourth-order valence-corrected chi connectivity index (χ4v) is 3.06. The third-order valence-electron chi connectivity index (χ3n) is 4.19. The molecule has 0 heterocycles. The highest BCUT2D eigenvalue weighted by molar-refractivity contribution is 6.30. The monoisotopic (exact) mass is 351 g/mol. The lowest BCUT2D eigenvalue weighted by atomic mass is 9.99. The van der Waals surface area contributed by atoms with Crippen molar-refractivity contribution in [3.63, 3.8) is 0 Å². The SMILES string of the molecule is CNC(Cc1cccc(Cl)c1)c1cccc(OCc2ccccc2)c1. The van der Waals surface area contributed by atoms with Crippen LogP contribution in [-0.4, -0.2) is 7.05 Å². The molecule has 3 heteroatoms. The number of nitrogens with one attached hydrogen (secondary N) is 1. The van der Waals surface area contributed by atoms with Gasteiger partial charge in [0.05, 0.1) is 0 Å². The van der Waals surface area contributed by atoms with Gasteiger partial charge in [0.15, 0.2) is 0 Å². The van der Waals surface area contributed by atoms with Crippen LogP contribution in [0.1, 0.15) is 22.7 Å². The lowest BCUT2D eigenvalue weighted by molar-refractivity contribution is 0.305. The lowest BCUT2D eigenvalue weighted by Gasteiger charge is -2.18. The molecule has 128 valence electrons. The zero-order valence-corrected chi connectivity index (χ0v) is 15.0. The molecular formula is C22H22ClNO. The zero-order chi connectivity index (χ0) is 17.5. The van der Waals surface area contributed by atoms with Crippen LogP contribution in [-0.2, 0) is 13.0 Å². The molecule has 0 saturated carbocycles. The molecule has 0 aliphatic carbocycles. The summed E-state index contributed by atoms with van der Waals surface area (Å²) in [5, 5.41) is 4.16. The molecule has 1 atom stereocenters. The Labute approximate surface area is 154 Å². The average molecular weight is 352 g/mol. The van der Waals surface area contributed by atoms with Crippen LogP contribution < -0.4 is 10.1 Å². The standard InChI is InChI=1S/C22H22ClNO/c1-24-22(14-18-9-5-11-20(23)13-18)19-10-6-12-21(15-19)25-16-17-7-3-2-4-8-17/h2-13,15,22,24H,14,16H2,1H3. The van der Waals surface area contributed by atoms with Gasteiger partial charge in [-0.1, -0.05) is 66.2 Å². The molecule has 2 nitrogen and oxygen atoms in total. The highest BCUT2D eigenvalue weighted by Crippen LogP contribution is 2.24. The average Bonchev–Trinajstić information content (AvgIpc) is 2.65. The molecule has 0 saturated heterocycles. The summed E-state index contributed by atoms with van der Waals surface area (Å²) in [6, 6.07) is 26.7. The maximum atomic E-state index is 6.10. The van der Waals surface area contributed by atoms with E-state index in [0.717, 1.165) is 22.8 Å². The number of hydrogen-bond acceptors (Lipinski definition) is 2. The fourth-order valence-electron chi connectivity index (χ4n) is 2.85. The summed E-state index contributed by atoms with van der Waals surface area (Å²) >= 11 is 6.10. The van der Waals surface area contributed by atoms with Crippen molar-refractivity contribution in [1.82, 2.24) is 5.32 Å². The number of ether oxygens (including phenoxy) is 1. The summed E-state index contributed by atoms with van der Waals surface area (Å²) in [4.78, 5) is 0. The first-order chi connectivity index (χ1) is 12.2. The molecule has 0 fully saturated rings. The fraction of sp³-hybridized carbons (Fsp3) is 0.182. The summed E-state index contributed by atoms with van der Waals surface area (Å²) in [5.74, 6) is 0.882. The Balaban J connectivity index is 1.70. The minimum absolute atomic E-state index is 0.207. The third-order valence-corrected chi connectivity index (χ3v) is 4.42. The first-order valence-corrected chi connectivity index (χ1v) is 8.81. The Morgan fingerprint density at radius 1 is 0.880 bits per heavy atom. The molecule has 3 rings (SSSR count). The van der Waals surface area contributed by atoms with E-state index in [9.17, 15) is 0 Å². The predicted molar refractivity (Wildman–Crippen MR) is 104 cm³/mol. The van der Waals surface area contributed by atoms with Crippen molar-refractivity contribution in [2.24, 2.45) is 0 Å². The van der Waals surface area contributed by atoms with E-state index < -0.39 is 0 Å². The predicted octanol–water partition coefficient (Wildman–Crippen LogP) is 5.42. The summed E-state index contributed by atoms with van der Waals surface area (Å²) in [6.07, 6.45) is 0.874. The molecule has 0 aliphatic heterocycles. The van der Waals surface area contributed by atoms with E-state index in [4.69, 9.17) is 16.3 Å². The van der Waals surface area contributed by atoms with E-state index >= 15 is 0 Å². The number of rotatable bonds is 7. The van der Waals surface area contributed by atoms with Crippen molar-refractivity contribution in [2.45, 2.75) is 19.1 Å². The quantitative estimate of drug-likeness (QED) is 0.613. The second-order valence-electron chi connectivity index (χ2n) is 6.02. The molecule has 0 radical (unpaired) electrons. The van der Waals surface area contributed by atoms with Crippen LogP contribution in [0, 0.1) is 0 Å². The smallest absolute Gasteiger partial charge is 0.120 e. The second-order valence-corrected chi connectivity index (χ2v) is 6.46.